The molecule has 0 radical (unpaired) electrons. The summed E-state index contributed by atoms with van der Waals surface area (Å²) >= 11 is 0. The Labute approximate surface area is 82.4 Å². The van der Waals surface area contributed by atoms with Crippen molar-refractivity contribution in [3.8, 4) is 5.69 Å². The van der Waals surface area contributed by atoms with E-state index in [-0.39, 0.29) is 0 Å². The van der Waals surface area contributed by atoms with E-state index in [0.717, 1.165) is 22.8 Å². The van der Waals surface area contributed by atoms with E-state index in [2.05, 4.69) is 10.3 Å². The summed E-state index contributed by atoms with van der Waals surface area (Å²) in [5.41, 5.74) is 9.34. The molecule has 1 aromatic carbocycles. The van der Waals surface area contributed by atoms with Gasteiger partial charge in [0.25, 0.3) is 0 Å². The molecule has 0 amide bonds. The van der Waals surface area contributed by atoms with E-state index in [0.29, 0.717) is 0 Å². The van der Waals surface area contributed by atoms with E-state index in [9.17, 15) is 0 Å². The quantitative estimate of drug-likeness (QED) is 0.689. The minimum Gasteiger partial charge on any atom is -0.399 e. The fraction of sp³-hybridized carbons (Fsp3) is 0.200. The van der Waals surface area contributed by atoms with Crippen molar-refractivity contribution in [2.45, 2.75) is 13.8 Å². The SMILES string of the molecule is Cc1nnn(-c2ccc(N)cc2)c1C. The van der Waals surface area contributed by atoms with Crippen LogP contribution < -0.4 is 5.73 Å². The maximum Gasteiger partial charge on any atom is 0.0830 e. The van der Waals surface area contributed by atoms with E-state index in [1.807, 2.05) is 38.1 Å². The first-order chi connectivity index (χ1) is 6.68. The topological polar surface area (TPSA) is 56.7 Å². The highest BCUT2D eigenvalue weighted by Crippen LogP contribution is 2.12. The predicted octanol–water partition coefficient (Wildman–Crippen LogP) is 1.47. The van der Waals surface area contributed by atoms with E-state index in [1.165, 1.54) is 0 Å². The third-order valence-electron chi connectivity index (χ3n) is 2.26. The van der Waals surface area contributed by atoms with Crippen molar-refractivity contribution in [1.82, 2.24) is 15.0 Å². The zero-order valence-corrected chi connectivity index (χ0v) is 8.23. The van der Waals surface area contributed by atoms with Gasteiger partial charge in [-0.3, -0.25) is 0 Å². The molecule has 0 saturated heterocycles. The van der Waals surface area contributed by atoms with E-state index in [4.69, 9.17) is 5.73 Å². The molecule has 0 saturated carbocycles. The van der Waals surface area contributed by atoms with Crippen molar-refractivity contribution in [2.75, 3.05) is 5.73 Å². The minimum atomic E-state index is 0.753. The summed E-state index contributed by atoms with van der Waals surface area (Å²) in [6, 6.07) is 7.56. The van der Waals surface area contributed by atoms with Crippen LogP contribution in [0.25, 0.3) is 5.69 Å². The third kappa shape index (κ3) is 1.35. The number of benzene rings is 1. The van der Waals surface area contributed by atoms with Gasteiger partial charge in [0, 0.05) is 5.69 Å². The second-order valence-electron chi connectivity index (χ2n) is 3.26. The highest BCUT2D eigenvalue weighted by molar-refractivity contribution is 5.45. The molecule has 0 atom stereocenters. The Morgan fingerprint density at radius 2 is 1.79 bits per heavy atom. The molecule has 2 N–H and O–H groups in total. The fourth-order valence-electron chi connectivity index (χ4n) is 1.27. The van der Waals surface area contributed by atoms with Gasteiger partial charge in [-0.2, -0.15) is 0 Å². The van der Waals surface area contributed by atoms with Crippen LogP contribution in [0.5, 0.6) is 0 Å². The van der Waals surface area contributed by atoms with Crippen LogP contribution in [0.2, 0.25) is 0 Å². The molecule has 0 unspecified atom stereocenters. The molecule has 0 aliphatic heterocycles. The van der Waals surface area contributed by atoms with Gasteiger partial charge < -0.3 is 5.73 Å². The first-order valence-electron chi connectivity index (χ1n) is 4.43. The normalized spacial score (nSPS) is 10.4. The van der Waals surface area contributed by atoms with Gasteiger partial charge in [-0.1, -0.05) is 5.21 Å². The van der Waals surface area contributed by atoms with Crippen molar-refractivity contribution in [1.29, 1.82) is 0 Å². The lowest BCUT2D eigenvalue weighted by Gasteiger charge is -2.02. The van der Waals surface area contributed by atoms with Crippen LogP contribution in [-0.4, -0.2) is 15.0 Å². The van der Waals surface area contributed by atoms with Gasteiger partial charge >= 0.3 is 0 Å². The summed E-state index contributed by atoms with van der Waals surface area (Å²) in [5, 5.41) is 8.04. The fourth-order valence-corrected chi connectivity index (χ4v) is 1.27. The molecule has 0 spiro atoms. The van der Waals surface area contributed by atoms with Crippen LogP contribution >= 0.6 is 0 Å². The van der Waals surface area contributed by atoms with Gasteiger partial charge in [0.15, 0.2) is 0 Å². The number of nitrogen functional groups attached to an aromatic ring is 1. The second-order valence-corrected chi connectivity index (χ2v) is 3.26. The molecule has 14 heavy (non-hydrogen) atoms. The molecule has 1 aromatic heterocycles. The van der Waals surface area contributed by atoms with Crippen molar-refractivity contribution in [2.24, 2.45) is 0 Å². The van der Waals surface area contributed by atoms with Crippen molar-refractivity contribution >= 4 is 5.69 Å². The highest BCUT2D eigenvalue weighted by Gasteiger charge is 2.05. The molecule has 0 aliphatic carbocycles. The molecular weight excluding hydrogens is 176 g/mol. The average molecular weight is 188 g/mol. The smallest absolute Gasteiger partial charge is 0.0830 e. The van der Waals surface area contributed by atoms with Crippen molar-refractivity contribution in [3.05, 3.63) is 35.7 Å². The van der Waals surface area contributed by atoms with Gasteiger partial charge in [0.05, 0.1) is 17.1 Å². The van der Waals surface area contributed by atoms with Crippen LogP contribution in [0.4, 0.5) is 5.69 Å². The van der Waals surface area contributed by atoms with Gasteiger partial charge in [-0.25, -0.2) is 4.68 Å². The van der Waals surface area contributed by atoms with E-state index < -0.39 is 0 Å². The lowest BCUT2D eigenvalue weighted by molar-refractivity contribution is 0.784. The van der Waals surface area contributed by atoms with Crippen LogP contribution in [0.15, 0.2) is 24.3 Å². The Morgan fingerprint density at radius 3 is 2.29 bits per heavy atom. The molecule has 2 aromatic rings. The largest absolute Gasteiger partial charge is 0.399 e. The van der Waals surface area contributed by atoms with Gasteiger partial charge in [-0.15, -0.1) is 5.10 Å². The number of aromatic nitrogens is 3. The number of aryl methyl sites for hydroxylation is 1. The Bertz CT molecular complexity index is 442. The summed E-state index contributed by atoms with van der Waals surface area (Å²) in [6.45, 7) is 3.93. The van der Waals surface area contributed by atoms with Gasteiger partial charge in [0.1, 0.15) is 0 Å². The molecule has 2 rings (SSSR count). The molecule has 0 fully saturated rings. The lowest BCUT2D eigenvalue weighted by atomic mass is 10.3. The maximum atomic E-state index is 5.60. The zero-order valence-electron chi connectivity index (χ0n) is 8.23. The Morgan fingerprint density at radius 1 is 1.14 bits per heavy atom. The molecule has 4 nitrogen and oxygen atoms in total. The predicted molar refractivity (Wildman–Crippen MR) is 55.2 cm³/mol. The zero-order chi connectivity index (χ0) is 10.1. The Balaban J connectivity index is 2.49. The number of rotatable bonds is 1. The lowest BCUT2D eigenvalue weighted by Crippen LogP contribution is -1.99. The van der Waals surface area contributed by atoms with Crippen molar-refractivity contribution in [3.63, 3.8) is 0 Å². The molecule has 4 heteroatoms. The summed E-state index contributed by atoms with van der Waals surface area (Å²) in [5.74, 6) is 0. The van der Waals surface area contributed by atoms with Crippen LogP contribution in [-0.2, 0) is 0 Å². The monoisotopic (exact) mass is 188 g/mol. The standard InChI is InChI=1S/C10H12N4/c1-7-8(2)14(13-12-7)10-5-3-9(11)4-6-10/h3-6H,11H2,1-2H3. The van der Waals surface area contributed by atoms with Gasteiger partial charge in [-0.05, 0) is 38.1 Å². The molecular formula is C10H12N4. The van der Waals surface area contributed by atoms with Crippen LogP contribution in [0.3, 0.4) is 0 Å². The summed E-state index contributed by atoms with van der Waals surface area (Å²) < 4.78 is 1.80. The molecule has 72 valence electrons. The van der Waals surface area contributed by atoms with E-state index in [1.54, 1.807) is 4.68 Å². The van der Waals surface area contributed by atoms with Crippen molar-refractivity contribution < 1.29 is 0 Å². The first kappa shape index (κ1) is 8.74. The molecule has 0 bridgehead atoms. The summed E-state index contributed by atoms with van der Waals surface area (Å²) in [7, 11) is 0. The highest BCUT2D eigenvalue weighted by atomic mass is 15.4. The average Bonchev–Trinajstić information content (AvgIpc) is 2.50. The molecule has 0 aliphatic rings. The van der Waals surface area contributed by atoms with Crippen LogP contribution in [0, 0.1) is 13.8 Å². The van der Waals surface area contributed by atoms with Gasteiger partial charge in [0.2, 0.25) is 0 Å². The summed E-state index contributed by atoms with van der Waals surface area (Å²) in [6.07, 6.45) is 0. The number of nitrogens with two attached hydrogens (primary N) is 1. The number of anilines is 1. The molecule has 1 heterocycles. The summed E-state index contributed by atoms with van der Waals surface area (Å²) in [4.78, 5) is 0. The number of hydrogen-bond acceptors (Lipinski definition) is 3. The third-order valence-corrected chi connectivity index (χ3v) is 2.26. The maximum absolute atomic E-state index is 5.60. The minimum absolute atomic E-state index is 0.753. The number of hydrogen-bond donors (Lipinski definition) is 1. The van der Waals surface area contributed by atoms with E-state index >= 15 is 0 Å². The second kappa shape index (κ2) is 3.14. The Hall–Kier alpha value is -1.84. The van der Waals surface area contributed by atoms with Crippen LogP contribution in [0.1, 0.15) is 11.4 Å². The first-order valence-corrected chi connectivity index (χ1v) is 4.43. The number of nitrogens with zero attached hydrogens (tertiary/aromatic N) is 3. The Kier molecular flexibility index (Phi) is 1.96.